The van der Waals surface area contributed by atoms with Crippen LogP contribution in [-0.4, -0.2) is 43.3 Å². The molecule has 4 aliphatic carbocycles. The van der Waals surface area contributed by atoms with Crippen molar-refractivity contribution in [3.05, 3.63) is 12.1 Å². The molecule has 4 aliphatic rings. The van der Waals surface area contributed by atoms with Crippen LogP contribution in [0, 0.1) is 46.3 Å². The van der Waals surface area contributed by atoms with Crippen molar-refractivity contribution in [2.75, 3.05) is 0 Å². The van der Waals surface area contributed by atoms with Crippen molar-refractivity contribution in [2.45, 2.75) is 97.2 Å². The molecule has 0 aromatic carbocycles. The van der Waals surface area contributed by atoms with Gasteiger partial charge in [0.15, 0.2) is 0 Å². The summed E-state index contributed by atoms with van der Waals surface area (Å²) in [5.74, 6) is 1.57. The molecule has 35 heavy (non-hydrogen) atoms. The van der Waals surface area contributed by atoms with E-state index in [1.54, 1.807) is 0 Å². The van der Waals surface area contributed by atoms with E-state index in [1.807, 2.05) is 0 Å². The van der Waals surface area contributed by atoms with Gasteiger partial charge >= 0.3 is 5.97 Å². The first-order chi connectivity index (χ1) is 16.5. The number of rotatable bonds is 5. The van der Waals surface area contributed by atoms with Crippen molar-refractivity contribution in [1.29, 1.82) is 0 Å². The number of nitrogens with zero attached hydrogens (tertiary/aromatic N) is 1. The number of aliphatic hydroxyl groups excluding tert-OH is 2. The fraction of sp³-hybridized carbons (Fsp3) is 0.821. The van der Waals surface area contributed by atoms with Gasteiger partial charge in [-0.3, -0.25) is 0 Å². The van der Waals surface area contributed by atoms with Crippen LogP contribution in [0.3, 0.4) is 0 Å². The van der Waals surface area contributed by atoms with Crippen molar-refractivity contribution in [3.63, 3.8) is 0 Å². The monoisotopic (exact) mass is 489 g/mol. The number of aromatic hydroxyl groups is 2. The van der Waals surface area contributed by atoms with Crippen LogP contribution in [0.15, 0.2) is 12.1 Å². The lowest BCUT2D eigenvalue weighted by atomic mass is 9.43. The van der Waals surface area contributed by atoms with Crippen molar-refractivity contribution in [3.8, 4) is 11.8 Å². The molecule has 5 rings (SSSR count). The Morgan fingerprint density at radius 3 is 2.40 bits per heavy atom. The number of carbonyl (C=O) groups excluding carboxylic acids is 1. The molecule has 7 nitrogen and oxygen atoms in total. The molecule has 0 radical (unpaired) electrons. The maximum atomic E-state index is 12.4. The van der Waals surface area contributed by atoms with E-state index in [-0.39, 0.29) is 41.2 Å². The van der Waals surface area contributed by atoms with Crippen LogP contribution in [-0.2, 0) is 4.79 Å². The zero-order chi connectivity index (χ0) is 25.1. The number of hydrogen-bond acceptors (Lipinski definition) is 6. The molecule has 0 bridgehead atoms. The average molecular weight is 490 g/mol. The third-order valence-corrected chi connectivity index (χ3v) is 11.2. The van der Waals surface area contributed by atoms with E-state index in [2.05, 4.69) is 20.8 Å². The Kier molecular flexibility index (Phi) is 6.40. The maximum absolute atomic E-state index is 12.4. The first-order valence-electron chi connectivity index (χ1n) is 13.7. The van der Waals surface area contributed by atoms with Crippen LogP contribution in [0.1, 0.15) is 85.0 Å². The Morgan fingerprint density at radius 1 is 1.03 bits per heavy atom. The lowest BCUT2D eigenvalue weighted by molar-refractivity contribution is -0.174. The van der Waals surface area contributed by atoms with Gasteiger partial charge in [-0.1, -0.05) is 20.8 Å². The molecule has 4 unspecified atom stereocenters. The average Bonchev–Trinajstić information content (AvgIpc) is 3.32. The van der Waals surface area contributed by atoms with Crippen LogP contribution in [0.4, 0.5) is 0 Å². The summed E-state index contributed by atoms with van der Waals surface area (Å²) in [4.78, 5) is 17.5. The van der Waals surface area contributed by atoms with Gasteiger partial charge in [-0.05, 0) is 104 Å². The Labute approximate surface area is 208 Å². The third-order valence-electron chi connectivity index (χ3n) is 11.2. The van der Waals surface area contributed by atoms with Gasteiger partial charge < -0.3 is 25.3 Å². The van der Waals surface area contributed by atoms with Gasteiger partial charge in [0.25, 0.3) is 0 Å². The standard InChI is InChI=1S/C28H43NO6/c1-16(4-9-25(34)35-29-23(32)7-8-24(29)33)19-5-6-20-26-21(11-13-28(19,20)3)27(2)12-10-18(30)14-17(27)15-22(26)31/h7-8,16-22,26,30-33H,4-6,9-15H2,1-3H3/t16-,17?,18-,19-,20?,21?,22-,26?,27+,28-/m1/s1. The summed E-state index contributed by atoms with van der Waals surface area (Å²) in [6.45, 7) is 7.11. The number of aliphatic hydroxyl groups is 2. The molecule has 0 saturated heterocycles. The smallest absolute Gasteiger partial charge is 0.333 e. The highest BCUT2D eigenvalue weighted by molar-refractivity contribution is 5.69. The van der Waals surface area contributed by atoms with E-state index in [0.717, 1.165) is 49.7 Å². The Morgan fingerprint density at radius 2 is 1.69 bits per heavy atom. The lowest BCUT2D eigenvalue weighted by Crippen LogP contribution is -2.58. The molecule has 1 heterocycles. The van der Waals surface area contributed by atoms with E-state index in [4.69, 9.17) is 4.84 Å². The minimum absolute atomic E-state index is 0.166. The molecule has 7 heteroatoms. The fourth-order valence-electron chi connectivity index (χ4n) is 9.36. The summed E-state index contributed by atoms with van der Waals surface area (Å²) in [7, 11) is 0. The molecule has 4 N–H and O–H groups in total. The fourth-order valence-corrected chi connectivity index (χ4v) is 9.36. The quantitative estimate of drug-likeness (QED) is 0.492. The van der Waals surface area contributed by atoms with E-state index < -0.39 is 5.97 Å². The summed E-state index contributed by atoms with van der Waals surface area (Å²) in [6.07, 6.45) is 8.66. The SMILES string of the molecule is C[C@H](CCC(=O)On1c(O)ccc1O)[C@H]1CCC2C3C(CC[C@@]21C)[C@@]1(C)CC[C@@H](O)CC1C[C@H]3O. The van der Waals surface area contributed by atoms with Gasteiger partial charge in [0.1, 0.15) is 0 Å². The molecule has 0 amide bonds. The van der Waals surface area contributed by atoms with E-state index in [0.29, 0.717) is 41.9 Å². The van der Waals surface area contributed by atoms with Crippen LogP contribution < -0.4 is 4.84 Å². The predicted octanol–water partition coefficient (Wildman–Crippen LogP) is 4.26. The van der Waals surface area contributed by atoms with Crippen molar-refractivity contribution in [2.24, 2.45) is 46.3 Å². The number of fused-ring (bicyclic) bond motifs is 5. The molecule has 0 aliphatic heterocycles. The van der Waals surface area contributed by atoms with Crippen molar-refractivity contribution >= 4 is 5.97 Å². The molecule has 196 valence electrons. The third kappa shape index (κ3) is 4.07. The van der Waals surface area contributed by atoms with E-state index in [9.17, 15) is 25.2 Å². The molecule has 4 saturated carbocycles. The van der Waals surface area contributed by atoms with Crippen LogP contribution >= 0.6 is 0 Å². The molecular formula is C28H43NO6. The first-order valence-corrected chi connectivity index (χ1v) is 13.7. The summed E-state index contributed by atoms with van der Waals surface area (Å²) < 4.78 is 0.754. The van der Waals surface area contributed by atoms with Crippen LogP contribution in [0.5, 0.6) is 11.8 Å². The van der Waals surface area contributed by atoms with E-state index >= 15 is 0 Å². The first kappa shape index (κ1) is 24.9. The second-order valence-electron chi connectivity index (χ2n) is 12.8. The van der Waals surface area contributed by atoms with Gasteiger partial charge in [0.05, 0.1) is 12.2 Å². The van der Waals surface area contributed by atoms with Gasteiger partial charge in [-0.2, -0.15) is 0 Å². The minimum atomic E-state index is -0.469. The second kappa shape index (κ2) is 8.98. The summed E-state index contributed by atoms with van der Waals surface area (Å²) in [5.41, 5.74) is 0.396. The van der Waals surface area contributed by atoms with Crippen LogP contribution in [0.2, 0.25) is 0 Å². The molecule has 1 aromatic heterocycles. The normalized spacial score (nSPS) is 43.6. The van der Waals surface area contributed by atoms with Crippen molar-refractivity contribution < 1.29 is 30.1 Å². The predicted molar refractivity (Wildman–Crippen MR) is 130 cm³/mol. The molecule has 10 atom stereocenters. The zero-order valence-electron chi connectivity index (χ0n) is 21.4. The summed E-state index contributed by atoms with van der Waals surface area (Å²) in [5, 5.41) is 41.1. The topological polar surface area (TPSA) is 112 Å². The largest absolute Gasteiger partial charge is 0.492 e. The van der Waals surface area contributed by atoms with Gasteiger partial charge in [-0.15, -0.1) is 4.73 Å². The molecule has 1 aromatic rings. The molecular weight excluding hydrogens is 446 g/mol. The van der Waals surface area contributed by atoms with Gasteiger partial charge in [0.2, 0.25) is 11.8 Å². The van der Waals surface area contributed by atoms with Gasteiger partial charge in [-0.25, -0.2) is 4.79 Å². The highest BCUT2D eigenvalue weighted by Gasteiger charge is 2.62. The van der Waals surface area contributed by atoms with Crippen molar-refractivity contribution in [1.82, 2.24) is 4.73 Å². The second-order valence-corrected chi connectivity index (χ2v) is 12.8. The summed E-state index contributed by atoms with van der Waals surface area (Å²) in [6, 6.07) is 2.55. The Bertz CT molecular complexity index is 926. The summed E-state index contributed by atoms with van der Waals surface area (Å²) >= 11 is 0. The highest BCUT2D eigenvalue weighted by Crippen LogP contribution is 2.68. The zero-order valence-corrected chi connectivity index (χ0v) is 21.4. The Hall–Kier alpha value is -1.73. The number of aromatic nitrogens is 1. The maximum Gasteiger partial charge on any atom is 0.333 e. The van der Waals surface area contributed by atoms with Gasteiger partial charge in [0, 0.05) is 18.6 Å². The minimum Gasteiger partial charge on any atom is -0.492 e. The number of carbonyl (C=O) groups is 1. The molecule has 4 fully saturated rings. The van der Waals surface area contributed by atoms with E-state index in [1.165, 1.54) is 18.6 Å². The molecule has 0 spiro atoms. The number of hydrogen-bond donors (Lipinski definition) is 4. The lowest BCUT2D eigenvalue weighted by Gasteiger charge is -2.62. The Balaban J connectivity index is 1.25. The highest BCUT2D eigenvalue weighted by atomic mass is 16.7. The van der Waals surface area contributed by atoms with Crippen LogP contribution in [0.25, 0.3) is 0 Å².